The summed E-state index contributed by atoms with van der Waals surface area (Å²) < 4.78 is 26.7. The number of anilines is 4. The number of hydrogen-bond acceptors (Lipinski definition) is 8. The Bertz CT molecular complexity index is 1260. The van der Waals surface area contributed by atoms with Gasteiger partial charge in [0.25, 0.3) is 0 Å². The molecule has 2 N–H and O–H groups in total. The number of nitrogens with one attached hydrogen (secondary N) is 2. The molecule has 0 unspecified atom stereocenters. The Morgan fingerprint density at radius 1 is 1.03 bits per heavy atom. The zero-order chi connectivity index (χ0) is 24.2. The lowest BCUT2D eigenvalue weighted by molar-refractivity contribution is -0.383. The highest BCUT2D eigenvalue weighted by atomic mass is 35.5. The van der Waals surface area contributed by atoms with Crippen molar-refractivity contribution in [2.24, 2.45) is 0 Å². The molecule has 1 aromatic heterocycles. The van der Waals surface area contributed by atoms with Crippen molar-refractivity contribution in [2.75, 3.05) is 23.7 Å². The number of sulfonamides is 1. The normalized spacial score (nSPS) is 11.4. The van der Waals surface area contributed by atoms with E-state index in [9.17, 15) is 18.5 Å². The fraction of sp³-hybridized carbons (Fsp3) is 0.238. The Balaban J connectivity index is 1.91. The molecule has 0 aliphatic rings. The predicted molar refractivity (Wildman–Crippen MR) is 128 cm³/mol. The van der Waals surface area contributed by atoms with E-state index in [-0.39, 0.29) is 22.2 Å². The summed E-state index contributed by atoms with van der Waals surface area (Å²) in [7, 11) is -3.61. The van der Waals surface area contributed by atoms with Gasteiger partial charge in [0, 0.05) is 29.5 Å². The molecule has 0 bridgehead atoms. The van der Waals surface area contributed by atoms with Crippen molar-refractivity contribution in [3.63, 3.8) is 0 Å². The van der Waals surface area contributed by atoms with Crippen molar-refractivity contribution in [1.82, 2.24) is 14.3 Å². The lowest BCUT2D eigenvalue weighted by Gasteiger charge is -2.18. The third-order valence-corrected chi connectivity index (χ3v) is 7.21. The van der Waals surface area contributed by atoms with E-state index in [1.54, 1.807) is 32.0 Å². The van der Waals surface area contributed by atoms with Gasteiger partial charge in [-0.25, -0.2) is 18.4 Å². The summed E-state index contributed by atoms with van der Waals surface area (Å²) in [5, 5.41) is 18.2. The second kappa shape index (κ2) is 10.1. The van der Waals surface area contributed by atoms with Gasteiger partial charge >= 0.3 is 5.69 Å². The van der Waals surface area contributed by atoms with E-state index in [1.165, 1.54) is 34.9 Å². The second-order valence-corrected chi connectivity index (χ2v) is 9.37. The topological polar surface area (TPSA) is 130 Å². The molecule has 0 aliphatic carbocycles. The lowest BCUT2D eigenvalue weighted by atomic mass is 10.2. The third kappa shape index (κ3) is 5.38. The molecule has 0 spiro atoms. The van der Waals surface area contributed by atoms with Crippen LogP contribution in [0.15, 0.2) is 53.7 Å². The Labute approximate surface area is 196 Å². The number of aromatic nitrogens is 2. The number of hydrogen-bond donors (Lipinski definition) is 2. The lowest BCUT2D eigenvalue weighted by Crippen LogP contribution is -2.30. The van der Waals surface area contributed by atoms with Gasteiger partial charge in [0.15, 0.2) is 0 Å². The zero-order valence-corrected chi connectivity index (χ0v) is 19.8. The number of benzene rings is 2. The van der Waals surface area contributed by atoms with E-state index in [2.05, 4.69) is 20.6 Å². The van der Waals surface area contributed by atoms with Gasteiger partial charge in [-0.05, 0) is 55.0 Å². The third-order valence-electron chi connectivity index (χ3n) is 4.91. The standard InChI is InChI=1S/C21H23ClN6O4S/c1-4-27(5-2)33(31,32)17-9-7-16(8-10-17)25-20-19(28(29)30)21(24-13-23-20)26-18-11-6-15(22)12-14(18)3/h6-13H,4-5H2,1-3H3,(H2,23,24,25,26). The number of halogens is 1. The average molecular weight is 491 g/mol. The van der Waals surface area contributed by atoms with Crippen molar-refractivity contribution in [1.29, 1.82) is 0 Å². The number of nitro groups is 1. The summed E-state index contributed by atoms with van der Waals surface area (Å²) in [6.45, 7) is 6.06. The Kier molecular flexibility index (Phi) is 7.46. The molecule has 2 aromatic carbocycles. The quantitative estimate of drug-likeness (QED) is 0.321. The molecule has 3 rings (SSSR count). The van der Waals surface area contributed by atoms with Crippen molar-refractivity contribution in [3.8, 4) is 0 Å². The van der Waals surface area contributed by atoms with E-state index in [0.29, 0.717) is 29.5 Å². The molecule has 0 aliphatic heterocycles. The maximum Gasteiger partial charge on any atom is 0.353 e. The first-order chi connectivity index (χ1) is 15.7. The Morgan fingerprint density at radius 2 is 1.64 bits per heavy atom. The molecule has 0 amide bonds. The van der Waals surface area contributed by atoms with Crippen LogP contribution in [0.2, 0.25) is 5.02 Å². The molecule has 0 saturated heterocycles. The molecule has 33 heavy (non-hydrogen) atoms. The zero-order valence-electron chi connectivity index (χ0n) is 18.2. The first-order valence-electron chi connectivity index (χ1n) is 10.1. The van der Waals surface area contributed by atoms with Crippen LogP contribution in [0.3, 0.4) is 0 Å². The highest BCUT2D eigenvalue weighted by molar-refractivity contribution is 7.89. The molecule has 174 valence electrons. The highest BCUT2D eigenvalue weighted by Gasteiger charge is 2.25. The summed E-state index contributed by atoms with van der Waals surface area (Å²) in [5.41, 5.74) is 1.48. The van der Waals surface area contributed by atoms with Gasteiger partial charge in [-0.3, -0.25) is 10.1 Å². The van der Waals surface area contributed by atoms with Crippen molar-refractivity contribution in [3.05, 3.63) is 69.5 Å². The van der Waals surface area contributed by atoms with E-state index in [0.717, 1.165) is 5.56 Å². The molecule has 0 saturated carbocycles. The minimum Gasteiger partial charge on any atom is -0.334 e. The number of aryl methyl sites for hydroxylation is 1. The summed E-state index contributed by atoms with van der Waals surface area (Å²) in [6, 6.07) is 11.0. The van der Waals surface area contributed by atoms with Gasteiger partial charge in [-0.1, -0.05) is 25.4 Å². The van der Waals surface area contributed by atoms with Gasteiger partial charge in [-0.2, -0.15) is 4.31 Å². The molecule has 12 heteroatoms. The Morgan fingerprint density at radius 3 is 2.18 bits per heavy atom. The highest BCUT2D eigenvalue weighted by Crippen LogP contribution is 2.34. The smallest absolute Gasteiger partial charge is 0.334 e. The van der Waals surface area contributed by atoms with Gasteiger partial charge in [0.05, 0.1) is 9.82 Å². The molecule has 0 fully saturated rings. The average Bonchev–Trinajstić information content (AvgIpc) is 2.76. The van der Waals surface area contributed by atoms with E-state index >= 15 is 0 Å². The molecular formula is C21H23ClN6O4S. The molecule has 1 heterocycles. The van der Waals surface area contributed by atoms with Crippen LogP contribution in [0.25, 0.3) is 0 Å². The first-order valence-corrected chi connectivity index (χ1v) is 11.9. The summed E-state index contributed by atoms with van der Waals surface area (Å²) >= 11 is 5.98. The van der Waals surface area contributed by atoms with Crippen molar-refractivity contribution < 1.29 is 13.3 Å². The molecule has 3 aromatic rings. The van der Waals surface area contributed by atoms with Crippen molar-refractivity contribution >= 4 is 50.3 Å². The number of rotatable bonds is 9. The van der Waals surface area contributed by atoms with Crippen LogP contribution in [0.5, 0.6) is 0 Å². The van der Waals surface area contributed by atoms with Crippen LogP contribution in [0.4, 0.5) is 28.7 Å². The van der Waals surface area contributed by atoms with Crippen LogP contribution in [0.1, 0.15) is 19.4 Å². The largest absolute Gasteiger partial charge is 0.353 e. The second-order valence-electron chi connectivity index (χ2n) is 7.00. The number of nitrogens with zero attached hydrogens (tertiary/aromatic N) is 4. The summed E-state index contributed by atoms with van der Waals surface area (Å²) in [4.78, 5) is 19.4. The maximum atomic E-state index is 12.7. The van der Waals surface area contributed by atoms with Gasteiger partial charge in [-0.15, -0.1) is 0 Å². The van der Waals surface area contributed by atoms with Gasteiger partial charge in [0.2, 0.25) is 21.7 Å². The van der Waals surface area contributed by atoms with Crippen molar-refractivity contribution in [2.45, 2.75) is 25.7 Å². The van der Waals surface area contributed by atoms with Crippen LogP contribution in [0, 0.1) is 17.0 Å². The first kappa shape index (κ1) is 24.4. The summed E-state index contributed by atoms with van der Waals surface area (Å²) in [5.74, 6) is -0.0351. The molecule has 0 radical (unpaired) electrons. The maximum absolute atomic E-state index is 12.7. The van der Waals surface area contributed by atoms with Crippen LogP contribution in [-0.2, 0) is 10.0 Å². The van der Waals surface area contributed by atoms with Crippen LogP contribution in [-0.4, -0.2) is 40.7 Å². The fourth-order valence-corrected chi connectivity index (χ4v) is 4.87. The van der Waals surface area contributed by atoms with Crippen LogP contribution >= 0.6 is 11.6 Å². The Hall–Kier alpha value is -3.28. The monoisotopic (exact) mass is 490 g/mol. The van der Waals surface area contributed by atoms with E-state index < -0.39 is 14.9 Å². The minimum absolute atomic E-state index is 0.00338. The molecule has 0 atom stereocenters. The van der Waals surface area contributed by atoms with Gasteiger partial charge in [0.1, 0.15) is 6.33 Å². The van der Waals surface area contributed by atoms with Gasteiger partial charge < -0.3 is 10.6 Å². The van der Waals surface area contributed by atoms with E-state index in [1.807, 2.05) is 6.92 Å². The molecular weight excluding hydrogens is 468 g/mol. The minimum atomic E-state index is -3.61. The van der Waals surface area contributed by atoms with E-state index in [4.69, 9.17) is 11.6 Å². The summed E-state index contributed by atoms with van der Waals surface area (Å²) in [6.07, 6.45) is 1.20. The fourth-order valence-electron chi connectivity index (χ4n) is 3.19. The van der Waals surface area contributed by atoms with Crippen LogP contribution < -0.4 is 10.6 Å². The predicted octanol–water partition coefficient (Wildman–Crippen LogP) is 4.86. The molecule has 10 nitrogen and oxygen atoms in total. The SMILES string of the molecule is CCN(CC)S(=O)(=O)c1ccc(Nc2ncnc(Nc3ccc(Cl)cc3C)c2[N+](=O)[O-])cc1.